The van der Waals surface area contributed by atoms with Crippen LogP contribution in [-0.4, -0.2) is 29.7 Å². The van der Waals surface area contributed by atoms with Crippen LogP contribution < -0.4 is 9.64 Å². The lowest BCUT2D eigenvalue weighted by Crippen LogP contribution is -2.37. The first-order valence-corrected chi connectivity index (χ1v) is 8.32. The van der Waals surface area contributed by atoms with E-state index in [1.165, 1.54) is 18.5 Å². The second kappa shape index (κ2) is 7.47. The molecular formula is C17H17ClF3N3O. The van der Waals surface area contributed by atoms with E-state index in [0.717, 1.165) is 18.9 Å². The summed E-state index contributed by atoms with van der Waals surface area (Å²) >= 11 is 5.99. The van der Waals surface area contributed by atoms with E-state index in [4.69, 9.17) is 16.3 Å². The smallest absolute Gasteiger partial charge is 0.419 e. The Hall–Kier alpha value is -2.02. The van der Waals surface area contributed by atoms with E-state index in [-0.39, 0.29) is 11.7 Å². The Morgan fingerprint density at radius 1 is 1.20 bits per heavy atom. The predicted molar refractivity (Wildman–Crippen MR) is 88.9 cm³/mol. The molecule has 2 aromatic rings. The minimum atomic E-state index is -4.40. The van der Waals surface area contributed by atoms with Crippen molar-refractivity contribution in [3.05, 3.63) is 47.4 Å². The van der Waals surface area contributed by atoms with Crippen LogP contribution in [0.1, 0.15) is 18.4 Å². The highest BCUT2D eigenvalue weighted by Crippen LogP contribution is 2.36. The zero-order chi connectivity index (χ0) is 17.9. The van der Waals surface area contributed by atoms with Crippen molar-refractivity contribution in [1.82, 2.24) is 9.97 Å². The molecule has 1 aliphatic heterocycles. The molecule has 1 aliphatic rings. The Labute approximate surface area is 148 Å². The van der Waals surface area contributed by atoms with Crippen LogP contribution in [0.15, 0.2) is 36.8 Å². The van der Waals surface area contributed by atoms with Crippen LogP contribution in [0.3, 0.4) is 0 Å². The van der Waals surface area contributed by atoms with Crippen molar-refractivity contribution >= 4 is 17.4 Å². The topological polar surface area (TPSA) is 38.2 Å². The van der Waals surface area contributed by atoms with Gasteiger partial charge in [0.1, 0.15) is 16.6 Å². The van der Waals surface area contributed by atoms with Crippen LogP contribution in [0.5, 0.6) is 5.75 Å². The number of halogens is 4. The van der Waals surface area contributed by atoms with E-state index in [2.05, 4.69) is 9.97 Å². The van der Waals surface area contributed by atoms with Crippen LogP contribution in [0.25, 0.3) is 0 Å². The normalized spacial score (nSPS) is 16.1. The fourth-order valence-electron chi connectivity index (χ4n) is 2.87. The molecule has 0 aliphatic carbocycles. The van der Waals surface area contributed by atoms with Gasteiger partial charge in [-0.2, -0.15) is 13.2 Å². The van der Waals surface area contributed by atoms with Crippen molar-refractivity contribution in [2.75, 3.05) is 24.6 Å². The number of nitrogens with zero attached hydrogens (tertiary/aromatic N) is 3. The number of pyridine rings is 2. The van der Waals surface area contributed by atoms with Gasteiger partial charge in [-0.1, -0.05) is 11.6 Å². The first kappa shape index (κ1) is 17.8. The lowest BCUT2D eigenvalue weighted by Gasteiger charge is -2.33. The summed E-state index contributed by atoms with van der Waals surface area (Å²) in [6.45, 7) is 1.50. The molecule has 25 heavy (non-hydrogen) atoms. The number of rotatable bonds is 4. The second-order valence-corrected chi connectivity index (χ2v) is 6.33. The summed E-state index contributed by atoms with van der Waals surface area (Å²) in [5.41, 5.74) is -0.687. The van der Waals surface area contributed by atoms with E-state index in [1.807, 2.05) is 0 Å². The molecule has 0 atom stereocenters. The third kappa shape index (κ3) is 4.34. The molecule has 3 rings (SSSR count). The zero-order valence-corrected chi connectivity index (χ0v) is 14.1. The first-order valence-electron chi connectivity index (χ1n) is 7.94. The lowest BCUT2D eigenvalue weighted by molar-refractivity contribution is -0.137. The minimum Gasteiger partial charge on any atom is -0.492 e. The van der Waals surface area contributed by atoms with Gasteiger partial charge < -0.3 is 9.64 Å². The monoisotopic (exact) mass is 371 g/mol. The minimum absolute atomic E-state index is 0.00606. The highest BCUT2D eigenvalue weighted by atomic mass is 35.5. The van der Waals surface area contributed by atoms with E-state index in [0.29, 0.717) is 30.5 Å². The number of alkyl halides is 3. The molecule has 0 bridgehead atoms. The lowest BCUT2D eigenvalue weighted by atomic mass is 9.97. The maximum Gasteiger partial charge on any atom is 0.419 e. The molecule has 0 N–H and O–H groups in total. The molecule has 1 saturated heterocycles. The van der Waals surface area contributed by atoms with Gasteiger partial charge in [0.05, 0.1) is 12.2 Å². The maximum atomic E-state index is 13.1. The predicted octanol–water partition coefficient (Wildman–Crippen LogP) is 4.44. The summed E-state index contributed by atoms with van der Waals surface area (Å²) in [7, 11) is 0. The average molecular weight is 372 g/mol. The Bertz CT molecular complexity index is 718. The molecule has 0 amide bonds. The number of piperidine rings is 1. The van der Waals surface area contributed by atoms with Crippen LogP contribution in [0, 0.1) is 5.92 Å². The Morgan fingerprint density at radius 3 is 2.64 bits per heavy atom. The standard InChI is InChI=1S/C17H17ClF3N3O/c18-14-10-22-7-3-15(14)25-11-12-4-8-24(9-5-12)16-13(17(19,20)21)2-1-6-23-16/h1-3,6-7,10,12H,4-5,8-9,11H2. The van der Waals surface area contributed by atoms with Crippen LogP contribution >= 0.6 is 11.6 Å². The van der Waals surface area contributed by atoms with Gasteiger partial charge in [-0.15, -0.1) is 0 Å². The number of hydrogen-bond donors (Lipinski definition) is 0. The van der Waals surface area contributed by atoms with Gasteiger partial charge >= 0.3 is 6.18 Å². The molecule has 1 fully saturated rings. The van der Waals surface area contributed by atoms with Crippen LogP contribution in [0.4, 0.5) is 19.0 Å². The van der Waals surface area contributed by atoms with Gasteiger partial charge in [-0.3, -0.25) is 4.98 Å². The van der Waals surface area contributed by atoms with E-state index in [1.54, 1.807) is 17.2 Å². The SMILES string of the molecule is FC(F)(F)c1cccnc1N1CCC(COc2ccncc2Cl)CC1. The summed E-state index contributed by atoms with van der Waals surface area (Å²) in [5.74, 6) is 0.841. The van der Waals surface area contributed by atoms with Crippen molar-refractivity contribution in [2.24, 2.45) is 5.92 Å². The van der Waals surface area contributed by atoms with Crippen molar-refractivity contribution < 1.29 is 17.9 Å². The number of anilines is 1. The van der Waals surface area contributed by atoms with E-state index < -0.39 is 11.7 Å². The van der Waals surface area contributed by atoms with Crippen LogP contribution in [-0.2, 0) is 6.18 Å². The fourth-order valence-corrected chi connectivity index (χ4v) is 3.04. The quantitative estimate of drug-likeness (QED) is 0.796. The number of hydrogen-bond acceptors (Lipinski definition) is 4. The summed E-state index contributed by atoms with van der Waals surface area (Å²) in [4.78, 5) is 9.54. The molecule has 2 aromatic heterocycles. The highest BCUT2D eigenvalue weighted by molar-refractivity contribution is 6.31. The Morgan fingerprint density at radius 2 is 1.96 bits per heavy atom. The fraction of sp³-hybridized carbons (Fsp3) is 0.412. The molecule has 0 unspecified atom stereocenters. The highest BCUT2D eigenvalue weighted by Gasteiger charge is 2.36. The molecule has 0 spiro atoms. The molecule has 3 heterocycles. The molecule has 0 aromatic carbocycles. The van der Waals surface area contributed by atoms with Gasteiger partial charge in [-0.05, 0) is 30.9 Å². The molecule has 0 radical (unpaired) electrons. The van der Waals surface area contributed by atoms with Crippen molar-refractivity contribution in [1.29, 1.82) is 0 Å². The van der Waals surface area contributed by atoms with Gasteiger partial charge in [0, 0.05) is 37.7 Å². The number of ether oxygens (including phenoxy) is 1. The van der Waals surface area contributed by atoms with E-state index >= 15 is 0 Å². The van der Waals surface area contributed by atoms with Crippen molar-refractivity contribution in [2.45, 2.75) is 19.0 Å². The third-order valence-electron chi connectivity index (χ3n) is 4.22. The molecule has 134 valence electrons. The van der Waals surface area contributed by atoms with Gasteiger partial charge in [0.2, 0.25) is 0 Å². The van der Waals surface area contributed by atoms with Gasteiger partial charge in [-0.25, -0.2) is 4.98 Å². The Kier molecular flexibility index (Phi) is 5.32. The molecule has 4 nitrogen and oxygen atoms in total. The van der Waals surface area contributed by atoms with Crippen molar-refractivity contribution in [3.8, 4) is 5.75 Å². The maximum absolute atomic E-state index is 13.1. The van der Waals surface area contributed by atoms with Gasteiger partial charge in [0.15, 0.2) is 0 Å². The summed E-state index contributed by atoms with van der Waals surface area (Å²) in [6, 6.07) is 4.08. The summed E-state index contributed by atoms with van der Waals surface area (Å²) in [5, 5.41) is 0.447. The van der Waals surface area contributed by atoms with Gasteiger partial charge in [0.25, 0.3) is 0 Å². The average Bonchev–Trinajstić information content (AvgIpc) is 2.61. The molecule has 8 heteroatoms. The second-order valence-electron chi connectivity index (χ2n) is 5.92. The molecule has 0 saturated carbocycles. The first-order chi connectivity index (χ1) is 11.9. The van der Waals surface area contributed by atoms with E-state index in [9.17, 15) is 13.2 Å². The largest absolute Gasteiger partial charge is 0.492 e. The summed E-state index contributed by atoms with van der Waals surface area (Å²) in [6.07, 6.45) is 1.57. The van der Waals surface area contributed by atoms with Crippen molar-refractivity contribution in [3.63, 3.8) is 0 Å². The third-order valence-corrected chi connectivity index (χ3v) is 4.50. The zero-order valence-electron chi connectivity index (χ0n) is 13.3. The van der Waals surface area contributed by atoms with Crippen LogP contribution in [0.2, 0.25) is 5.02 Å². The number of aromatic nitrogens is 2. The summed E-state index contributed by atoms with van der Waals surface area (Å²) < 4.78 is 45.1. The Balaban J connectivity index is 1.59. The molecular weight excluding hydrogens is 355 g/mol.